The third-order valence-electron chi connectivity index (χ3n) is 0.804. The number of allylic oxidation sites excluding steroid dienone is 4. The fourth-order valence-corrected chi connectivity index (χ4v) is 0.553. The molecule has 0 amide bonds. The number of hydrogen-bond donors (Lipinski definition) is 4. The molecule has 0 aliphatic rings. The van der Waals surface area contributed by atoms with E-state index in [4.69, 9.17) is 22.3 Å². The minimum atomic E-state index is 0. The van der Waals surface area contributed by atoms with Crippen LogP contribution in [-0.2, 0) is 17.1 Å². The standard InChI is InChI=1S/2C5H9N2.Cu/c2*1-4(6)3-5(2)7;/h3,7H,1,6H2,2H3;3,6H,1,7H2,2H3;/q2*-1;+2. The summed E-state index contributed by atoms with van der Waals surface area (Å²) in [6.07, 6.45) is 3.00. The van der Waals surface area contributed by atoms with Crippen molar-refractivity contribution in [3.63, 3.8) is 0 Å². The van der Waals surface area contributed by atoms with Crippen molar-refractivity contribution in [3.05, 3.63) is 37.4 Å². The summed E-state index contributed by atoms with van der Waals surface area (Å²) < 4.78 is 0. The SMILES string of the molecule is [CH2-]C(=N)C=C(C)N.[CH2-]C(N)=CC(C)=N.[Cu+2]. The first-order chi connectivity index (χ1) is 6.25. The minimum Gasteiger partial charge on any atom is -0.431 e. The molecule has 5 heteroatoms. The van der Waals surface area contributed by atoms with Crippen LogP contribution in [-0.4, -0.2) is 11.4 Å². The Hall–Kier alpha value is -1.32. The molecule has 1 radical (unpaired) electrons. The fraction of sp³-hybridized carbons (Fsp3) is 0.200. The molecule has 0 atom stereocenters. The average Bonchev–Trinajstić information content (AvgIpc) is 1.79. The van der Waals surface area contributed by atoms with E-state index < -0.39 is 0 Å². The Morgan fingerprint density at radius 3 is 1.47 bits per heavy atom. The van der Waals surface area contributed by atoms with Crippen molar-refractivity contribution in [1.82, 2.24) is 0 Å². The first kappa shape index (κ1) is 19.3. The van der Waals surface area contributed by atoms with Crippen LogP contribution in [0.1, 0.15) is 13.8 Å². The Bertz CT molecular complexity index is 231. The molecule has 0 fully saturated rings. The third-order valence-corrected chi connectivity index (χ3v) is 0.804. The van der Waals surface area contributed by atoms with Crippen LogP contribution in [0, 0.1) is 24.7 Å². The summed E-state index contributed by atoms with van der Waals surface area (Å²) in [5.74, 6) is 0. The van der Waals surface area contributed by atoms with E-state index in [1.54, 1.807) is 13.8 Å². The smallest absolute Gasteiger partial charge is 0.431 e. The van der Waals surface area contributed by atoms with Gasteiger partial charge in [-0.15, -0.1) is 11.4 Å². The van der Waals surface area contributed by atoms with E-state index in [1.165, 1.54) is 12.2 Å². The monoisotopic (exact) mass is 257 g/mol. The molecule has 15 heavy (non-hydrogen) atoms. The summed E-state index contributed by atoms with van der Waals surface area (Å²) in [6.45, 7) is 10.1. The second-order valence-electron chi connectivity index (χ2n) is 2.82. The first-order valence-electron chi connectivity index (χ1n) is 3.94. The summed E-state index contributed by atoms with van der Waals surface area (Å²) in [5.41, 5.74) is 12.0. The van der Waals surface area contributed by atoms with Gasteiger partial charge in [-0.1, -0.05) is 5.70 Å². The van der Waals surface area contributed by atoms with Crippen molar-refractivity contribution in [1.29, 1.82) is 10.8 Å². The van der Waals surface area contributed by atoms with E-state index in [0.29, 0.717) is 17.1 Å². The summed E-state index contributed by atoms with van der Waals surface area (Å²) in [7, 11) is 0. The van der Waals surface area contributed by atoms with Gasteiger partial charge in [0.2, 0.25) is 0 Å². The van der Waals surface area contributed by atoms with Gasteiger partial charge in [-0.3, -0.25) is 0 Å². The maximum atomic E-state index is 6.83. The van der Waals surface area contributed by atoms with Crippen molar-refractivity contribution in [2.24, 2.45) is 11.5 Å². The van der Waals surface area contributed by atoms with Gasteiger partial charge in [-0.05, 0) is 19.6 Å². The van der Waals surface area contributed by atoms with Crippen molar-refractivity contribution >= 4 is 11.4 Å². The quantitative estimate of drug-likeness (QED) is 0.342. The van der Waals surface area contributed by atoms with E-state index >= 15 is 0 Å². The fourth-order valence-electron chi connectivity index (χ4n) is 0.553. The molecule has 0 saturated carbocycles. The Labute approximate surface area is 102 Å². The van der Waals surface area contributed by atoms with Gasteiger partial charge >= 0.3 is 17.1 Å². The van der Waals surface area contributed by atoms with Crippen molar-refractivity contribution in [3.8, 4) is 0 Å². The summed E-state index contributed by atoms with van der Waals surface area (Å²) in [5, 5.41) is 13.6. The van der Waals surface area contributed by atoms with Crippen molar-refractivity contribution in [2.45, 2.75) is 13.8 Å². The zero-order valence-electron chi connectivity index (χ0n) is 9.03. The molecule has 0 bridgehead atoms. The molecule has 4 nitrogen and oxygen atoms in total. The summed E-state index contributed by atoms with van der Waals surface area (Å²) >= 11 is 0. The van der Waals surface area contributed by atoms with E-state index in [0.717, 1.165) is 0 Å². The molecule has 0 unspecified atom stereocenters. The van der Waals surface area contributed by atoms with Gasteiger partial charge in [0.05, 0.1) is 0 Å². The van der Waals surface area contributed by atoms with Gasteiger partial charge in [-0.25, -0.2) is 13.8 Å². The van der Waals surface area contributed by atoms with Crippen LogP contribution in [0.4, 0.5) is 0 Å². The molecule has 0 rings (SSSR count). The van der Waals surface area contributed by atoms with Gasteiger partial charge in [0.15, 0.2) is 0 Å². The molecule has 0 aromatic carbocycles. The average molecular weight is 258 g/mol. The Balaban J connectivity index is -0.000000180. The van der Waals surface area contributed by atoms with Crippen LogP contribution in [0.25, 0.3) is 0 Å². The molecule has 0 aromatic rings. The number of nitrogens with two attached hydrogens (primary N) is 2. The largest absolute Gasteiger partial charge is 2.00 e. The maximum Gasteiger partial charge on any atom is 2.00 e. The number of nitrogens with one attached hydrogen (secondary N) is 2. The zero-order valence-corrected chi connectivity index (χ0v) is 9.97. The molecule has 0 saturated heterocycles. The van der Waals surface area contributed by atoms with Crippen LogP contribution in [0.5, 0.6) is 0 Å². The van der Waals surface area contributed by atoms with E-state index in [1.807, 2.05) is 0 Å². The predicted molar refractivity (Wildman–Crippen MR) is 62.1 cm³/mol. The van der Waals surface area contributed by atoms with Crippen LogP contribution >= 0.6 is 0 Å². The van der Waals surface area contributed by atoms with Crippen molar-refractivity contribution < 1.29 is 17.1 Å². The van der Waals surface area contributed by atoms with E-state index in [9.17, 15) is 0 Å². The second-order valence-corrected chi connectivity index (χ2v) is 2.82. The molecular formula is C10H18CuN4. The second kappa shape index (κ2) is 10.8. The van der Waals surface area contributed by atoms with E-state index in [-0.39, 0.29) is 22.8 Å². The predicted octanol–water partition coefficient (Wildman–Crippen LogP) is 1.40. The summed E-state index contributed by atoms with van der Waals surface area (Å²) in [6, 6.07) is 0. The van der Waals surface area contributed by atoms with Gasteiger partial charge in [0.25, 0.3) is 0 Å². The molecule has 0 heterocycles. The topological polar surface area (TPSA) is 99.7 Å². The summed E-state index contributed by atoms with van der Waals surface area (Å²) in [4.78, 5) is 0. The van der Waals surface area contributed by atoms with Gasteiger partial charge in [0.1, 0.15) is 0 Å². The van der Waals surface area contributed by atoms with Gasteiger partial charge in [-0.2, -0.15) is 12.2 Å². The minimum absolute atomic E-state index is 0. The first-order valence-corrected chi connectivity index (χ1v) is 3.94. The molecule has 0 aliphatic carbocycles. The molecule has 0 aliphatic heterocycles. The van der Waals surface area contributed by atoms with Crippen LogP contribution < -0.4 is 11.5 Å². The molecule has 6 N–H and O–H groups in total. The molecule has 0 aromatic heterocycles. The molecular weight excluding hydrogens is 240 g/mol. The third kappa shape index (κ3) is 32.4. The molecule has 0 spiro atoms. The number of hydrogen-bond acceptors (Lipinski definition) is 4. The van der Waals surface area contributed by atoms with Crippen molar-refractivity contribution in [2.75, 3.05) is 0 Å². The van der Waals surface area contributed by atoms with Crippen LogP contribution in [0.2, 0.25) is 0 Å². The van der Waals surface area contributed by atoms with Gasteiger partial charge < -0.3 is 22.3 Å². The Kier molecular flexibility index (Phi) is 13.8. The molecule has 89 valence electrons. The normalized spacial score (nSPS) is 10.5. The Morgan fingerprint density at radius 1 is 1.07 bits per heavy atom. The Morgan fingerprint density at radius 2 is 1.47 bits per heavy atom. The number of rotatable bonds is 2. The zero-order chi connectivity index (χ0) is 11.7. The van der Waals surface area contributed by atoms with E-state index in [2.05, 4.69) is 13.8 Å². The maximum absolute atomic E-state index is 6.83. The van der Waals surface area contributed by atoms with Crippen LogP contribution in [0.15, 0.2) is 23.5 Å². The van der Waals surface area contributed by atoms with Gasteiger partial charge in [0, 0.05) is 0 Å². The van der Waals surface area contributed by atoms with Crippen LogP contribution in [0.3, 0.4) is 0 Å².